The molecule has 0 bridgehead atoms. The molecule has 5 nitrogen and oxygen atoms in total. The summed E-state index contributed by atoms with van der Waals surface area (Å²) in [6.07, 6.45) is 4.58. The smallest absolute Gasteiger partial charge is 0.270 e. The van der Waals surface area contributed by atoms with Crippen LogP contribution in [0.2, 0.25) is 10.0 Å². The zero-order chi connectivity index (χ0) is 21.0. The van der Waals surface area contributed by atoms with Crippen LogP contribution >= 0.6 is 23.2 Å². The first-order valence-electron chi connectivity index (χ1n) is 9.87. The summed E-state index contributed by atoms with van der Waals surface area (Å²) < 4.78 is 5.96. The number of nitrogens with one attached hydrogen (secondary N) is 1. The molecule has 1 fully saturated rings. The Labute approximate surface area is 181 Å². The van der Waals surface area contributed by atoms with Crippen LogP contribution in [0.5, 0.6) is 5.75 Å². The van der Waals surface area contributed by atoms with E-state index in [9.17, 15) is 9.90 Å². The maximum atomic E-state index is 12.7. The maximum absolute atomic E-state index is 12.7. The minimum atomic E-state index is -0.343. The second kappa shape index (κ2) is 9.79. The summed E-state index contributed by atoms with van der Waals surface area (Å²) in [5.41, 5.74) is 1.66. The van der Waals surface area contributed by atoms with E-state index in [0.717, 1.165) is 5.56 Å². The number of aromatic nitrogens is 1. The van der Waals surface area contributed by atoms with Crippen molar-refractivity contribution < 1.29 is 14.6 Å². The Bertz CT molecular complexity index is 869. The summed E-state index contributed by atoms with van der Waals surface area (Å²) in [5, 5.41) is 13.4. The Balaban J connectivity index is 1.89. The van der Waals surface area contributed by atoms with Crippen molar-refractivity contribution in [1.82, 2.24) is 10.3 Å². The average molecular weight is 437 g/mol. The molecule has 0 aliphatic heterocycles. The van der Waals surface area contributed by atoms with Crippen molar-refractivity contribution in [3.05, 3.63) is 46.2 Å². The van der Waals surface area contributed by atoms with Gasteiger partial charge in [-0.05, 0) is 49.3 Å². The quantitative estimate of drug-likeness (QED) is 0.581. The first-order chi connectivity index (χ1) is 13.9. The number of ether oxygens (including phenoxy) is 1. The number of aliphatic hydroxyl groups is 1. The summed E-state index contributed by atoms with van der Waals surface area (Å²) in [6.45, 7) is 4.58. The van der Waals surface area contributed by atoms with Crippen molar-refractivity contribution in [1.29, 1.82) is 0 Å². The van der Waals surface area contributed by atoms with Gasteiger partial charge in [-0.15, -0.1) is 0 Å². The predicted molar refractivity (Wildman–Crippen MR) is 116 cm³/mol. The number of carbonyl (C=O) groups is 1. The molecule has 1 aliphatic rings. The van der Waals surface area contributed by atoms with E-state index in [0.29, 0.717) is 46.2 Å². The highest BCUT2D eigenvalue weighted by Gasteiger charge is 2.24. The van der Waals surface area contributed by atoms with Gasteiger partial charge in [0.2, 0.25) is 0 Å². The lowest BCUT2D eigenvalue weighted by Gasteiger charge is -2.19. The minimum Gasteiger partial charge on any atom is -0.491 e. The molecule has 2 N–H and O–H groups in total. The summed E-state index contributed by atoms with van der Waals surface area (Å²) >= 11 is 12.4. The Morgan fingerprint density at radius 2 is 2.03 bits per heavy atom. The van der Waals surface area contributed by atoms with Crippen LogP contribution in [0.25, 0.3) is 11.1 Å². The number of amides is 1. The van der Waals surface area contributed by atoms with Crippen LogP contribution in [-0.2, 0) is 0 Å². The van der Waals surface area contributed by atoms with E-state index < -0.39 is 0 Å². The van der Waals surface area contributed by atoms with Crippen LogP contribution in [0.1, 0.15) is 43.6 Å². The van der Waals surface area contributed by atoms with Crippen molar-refractivity contribution in [2.75, 3.05) is 13.2 Å². The third kappa shape index (κ3) is 6.08. The Morgan fingerprint density at radius 1 is 1.28 bits per heavy atom. The fourth-order valence-corrected chi connectivity index (χ4v) is 3.61. The van der Waals surface area contributed by atoms with Crippen molar-refractivity contribution in [2.45, 2.75) is 39.2 Å². The lowest BCUT2D eigenvalue weighted by atomic mass is 10.0. The van der Waals surface area contributed by atoms with Crippen LogP contribution in [-0.4, -0.2) is 35.3 Å². The molecule has 1 aliphatic carbocycles. The second-order valence-corrected chi connectivity index (χ2v) is 8.77. The fourth-order valence-electron chi connectivity index (χ4n) is 3.10. The first-order valence-corrected chi connectivity index (χ1v) is 10.6. The third-order valence-corrected chi connectivity index (χ3v) is 5.35. The molecule has 7 heteroatoms. The summed E-state index contributed by atoms with van der Waals surface area (Å²) in [6, 6.07) is 6.57. The van der Waals surface area contributed by atoms with Crippen LogP contribution in [0.3, 0.4) is 0 Å². The van der Waals surface area contributed by atoms with E-state index in [-0.39, 0.29) is 24.2 Å². The van der Waals surface area contributed by atoms with Crippen LogP contribution in [0.15, 0.2) is 30.5 Å². The number of pyridine rings is 1. The molecule has 1 atom stereocenters. The van der Waals surface area contributed by atoms with Gasteiger partial charge in [-0.3, -0.25) is 4.79 Å². The number of halogens is 2. The van der Waals surface area contributed by atoms with E-state index in [2.05, 4.69) is 10.3 Å². The summed E-state index contributed by atoms with van der Waals surface area (Å²) in [7, 11) is 0. The van der Waals surface area contributed by atoms with Gasteiger partial charge in [-0.25, -0.2) is 4.98 Å². The van der Waals surface area contributed by atoms with Gasteiger partial charge in [0.15, 0.2) is 0 Å². The molecular weight excluding hydrogens is 411 g/mol. The Morgan fingerprint density at radius 3 is 2.66 bits per heavy atom. The van der Waals surface area contributed by atoms with Crippen LogP contribution in [0, 0.1) is 11.8 Å². The molecule has 1 heterocycles. The predicted octanol–water partition coefficient (Wildman–Crippen LogP) is 4.98. The third-order valence-electron chi connectivity index (χ3n) is 4.80. The highest BCUT2D eigenvalue weighted by molar-refractivity contribution is 6.36. The van der Waals surface area contributed by atoms with Gasteiger partial charge in [0.05, 0.1) is 30.5 Å². The number of hydrogen-bond donors (Lipinski definition) is 2. The van der Waals surface area contributed by atoms with Crippen molar-refractivity contribution in [3.63, 3.8) is 0 Å². The SMILES string of the molecule is CC(C)CC(CO)NC(=O)c1cc(-c2ccc(Cl)cc2Cl)c(OCC2CC2)cn1. The molecule has 1 unspecified atom stereocenters. The van der Waals surface area contributed by atoms with Gasteiger partial charge in [-0.2, -0.15) is 0 Å². The standard InChI is InChI=1S/C22H26Cl2N2O3/c1-13(2)7-16(11-27)26-22(28)20-9-18(17-6-5-15(23)8-19(17)24)21(10-25-20)29-12-14-3-4-14/h5-6,8-10,13-14,16,27H,3-4,7,11-12H2,1-2H3,(H,26,28). The topological polar surface area (TPSA) is 71.5 Å². The van der Waals surface area contributed by atoms with Crippen LogP contribution in [0.4, 0.5) is 0 Å². The minimum absolute atomic E-state index is 0.123. The van der Waals surface area contributed by atoms with Gasteiger partial charge >= 0.3 is 0 Å². The number of aliphatic hydroxyl groups excluding tert-OH is 1. The zero-order valence-electron chi connectivity index (χ0n) is 16.6. The van der Waals surface area contributed by atoms with E-state index in [1.165, 1.54) is 12.8 Å². The van der Waals surface area contributed by atoms with Gasteiger partial charge in [0.25, 0.3) is 5.91 Å². The highest BCUT2D eigenvalue weighted by atomic mass is 35.5. The molecule has 1 amide bonds. The monoisotopic (exact) mass is 436 g/mol. The molecule has 0 radical (unpaired) electrons. The lowest BCUT2D eigenvalue weighted by Crippen LogP contribution is -2.38. The maximum Gasteiger partial charge on any atom is 0.270 e. The molecule has 156 valence electrons. The van der Waals surface area contributed by atoms with E-state index in [1.54, 1.807) is 30.5 Å². The van der Waals surface area contributed by atoms with Crippen molar-refractivity contribution >= 4 is 29.1 Å². The van der Waals surface area contributed by atoms with E-state index >= 15 is 0 Å². The Kier molecular flexibility index (Phi) is 7.38. The number of nitrogens with zero attached hydrogens (tertiary/aromatic N) is 1. The molecule has 1 aromatic carbocycles. The molecule has 1 aromatic heterocycles. The van der Waals surface area contributed by atoms with Gasteiger partial charge in [0, 0.05) is 16.1 Å². The van der Waals surface area contributed by atoms with Crippen LogP contribution < -0.4 is 10.1 Å². The largest absolute Gasteiger partial charge is 0.491 e. The zero-order valence-corrected chi connectivity index (χ0v) is 18.1. The summed E-state index contributed by atoms with van der Waals surface area (Å²) in [5.74, 6) is 1.17. The number of benzene rings is 1. The van der Waals surface area contributed by atoms with E-state index in [1.807, 2.05) is 13.8 Å². The average Bonchev–Trinajstić information content (AvgIpc) is 3.50. The Hall–Kier alpha value is -1.82. The number of rotatable bonds is 9. The fraction of sp³-hybridized carbons (Fsp3) is 0.455. The molecule has 1 saturated carbocycles. The number of carbonyl (C=O) groups excluding carboxylic acids is 1. The molecule has 0 saturated heterocycles. The van der Waals surface area contributed by atoms with Gasteiger partial charge < -0.3 is 15.2 Å². The summed E-state index contributed by atoms with van der Waals surface area (Å²) in [4.78, 5) is 17.0. The highest BCUT2D eigenvalue weighted by Crippen LogP contribution is 2.38. The molecule has 3 rings (SSSR count). The molecule has 0 spiro atoms. The second-order valence-electron chi connectivity index (χ2n) is 7.93. The molecule has 2 aromatic rings. The lowest BCUT2D eigenvalue weighted by molar-refractivity contribution is 0.0903. The normalized spacial score (nSPS) is 14.7. The first kappa shape index (κ1) is 21.9. The molecular formula is C22H26Cl2N2O3. The van der Waals surface area contributed by atoms with E-state index in [4.69, 9.17) is 27.9 Å². The van der Waals surface area contributed by atoms with Crippen molar-refractivity contribution in [2.24, 2.45) is 11.8 Å². The van der Waals surface area contributed by atoms with Gasteiger partial charge in [0.1, 0.15) is 11.4 Å². The van der Waals surface area contributed by atoms with Gasteiger partial charge in [-0.1, -0.05) is 43.1 Å². The van der Waals surface area contributed by atoms with Crippen molar-refractivity contribution in [3.8, 4) is 16.9 Å². The number of hydrogen-bond acceptors (Lipinski definition) is 4. The molecule has 29 heavy (non-hydrogen) atoms.